The molecule has 1 aromatic rings. The van der Waals surface area contributed by atoms with Gasteiger partial charge in [-0.05, 0) is 56.4 Å². The van der Waals surface area contributed by atoms with Gasteiger partial charge in [-0.2, -0.15) is 0 Å². The third kappa shape index (κ3) is 8.92. The third-order valence-electron chi connectivity index (χ3n) is 6.91. The normalized spacial score (nSPS) is 16.5. The second-order valence-electron chi connectivity index (χ2n) is 9.58. The molecular formula is C30H43BrF2N4O2. The molecule has 2 atom stereocenters. The van der Waals surface area contributed by atoms with E-state index in [1.54, 1.807) is 30.9 Å². The number of hydrogen-bond donors (Lipinski definition) is 2. The van der Waals surface area contributed by atoms with Gasteiger partial charge in [0.2, 0.25) is 0 Å². The Morgan fingerprint density at radius 2 is 1.92 bits per heavy atom. The molecular weight excluding hydrogens is 566 g/mol. The molecule has 0 saturated carbocycles. The van der Waals surface area contributed by atoms with E-state index in [1.807, 2.05) is 27.7 Å². The number of nitrogens with one attached hydrogen (secondary N) is 1. The number of carbonyl (C=O) groups excluding carboxylic acids is 2. The molecule has 0 aromatic heterocycles. The van der Waals surface area contributed by atoms with E-state index >= 15 is 0 Å². The maximum absolute atomic E-state index is 13.6. The van der Waals surface area contributed by atoms with Crippen molar-refractivity contribution in [2.45, 2.75) is 92.5 Å². The molecule has 1 unspecified atom stereocenters. The van der Waals surface area contributed by atoms with Crippen LogP contribution in [0.25, 0.3) is 0 Å². The van der Waals surface area contributed by atoms with Gasteiger partial charge in [0.15, 0.2) is 5.78 Å². The molecule has 39 heavy (non-hydrogen) atoms. The van der Waals surface area contributed by atoms with E-state index in [4.69, 9.17) is 11.1 Å². The van der Waals surface area contributed by atoms with Crippen LogP contribution in [-0.4, -0.2) is 47.0 Å². The lowest BCUT2D eigenvalue weighted by atomic mass is 9.89. The standard InChI is InChI=1S/C23H31BrF2N4O.C7H12O/c1-5-8-16(27)20-17(28)11-12-30(19(20)7-3)23(31)14-9-10-15(24)13(4)21(14)29-18(6-2)22(25)26;1-4-6(3)7(8)5-2/h9-10,19,22,27H,5-8,11-12,28H2,1-4H3;5-6H,2,4H2,1,3H3/t;6-/m.1/s1. The van der Waals surface area contributed by atoms with Crippen molar-refractivity contribution in [1.29, 1.82) is 5.41 Å². The Morgan fingerprint density at radius 1 is 1.28 bits per heavy atom. The third-order valence-corrected chi connectivity index (χ3v) is 7.77. The summed E-state index contributed by atoms with van der Waals surface area (Å²) >= 11 is 3.42. The first-order chi connectivity index (χ1) is 18.4. The topological polar surface area (TPSA) is 99.6 Å². The van der Waals surface area contributed by atoms with Gasteiger partial charge >= 0.3 is 0 Å². The zero-order valence-electron chi connectivity index (χ0n) is 24.0. The van der Waals surface area contributed by atoms with E-state index in [0.29, 0.717) is 47.3 Å². The Balaban J connectivity index is 0.000000824. The average molecular weight is 610 g/mol. The minimum absolute atomic E-state index is 0.0934. The molecule has 0 saturated heterocycles. The van der Waals surface area contributed by atoms with Crippen molar-refractivity contribution >= 4 is 44.7 Å². The van der Waals surface area contributed by atoms with Gasteiger partial charge in [-0.1, -0.05) is 63.5 Å². The summed E-state index contributed by atoms with van der Waals surface area (Å²) in [6.45, 7) is 15.0. The summed E-state index contributed by atoms with van der Waals surface area (Å²) < 4.78 is 27.5. The molecule has 0 fully saturated rings. The number of amides is 1. The zero-order valence-corrected chi connectivity index (χ0v) is 25.6. The van der Waals surface area contributed by atoms with Crippen LogP contribution in [-0.2, 0) is 4.79 Å². The molecule has 1 amide bonds. The number of nitrogens with zero attached hydrogens (tertiary/aromatic N) is 2. The second-order valence-corrected chi connectivity index (χ2v) is 10.4. The van der Waals surface area contributed by atoms with Gasteiger partial charge in [0.05, 0.1) is 23.0 Å². The highest BCUT2D eigenvalue weighted by atomic mass is 79.9. The fourth-order valence-electron chi connectivity index (χ4n) is 4.32. The number of allylic oxidation sites excluding steroid dienone is 1. The van der Waals surface area contributed by atoms with Crippen LogP contribution in [0.2, 0.25) is 0 Å². The maximum Gasteiger partial charge on any atom is 0.276 e. The number of ketones is 1. The molecule has 9 heteroatoms. The van der Waals surface area contributed by atoms with E-state index in [0.717, 1.165) is 18.4 Å². The first kappa shape index (κ1) is 34.3. The number of halogens is 3. The van der Waals surface area contributed by atoms with Crippen LogP contribution in [0.4, 0.5) is 14.5 Å². The number of carbonyl (C=O) groups is 2. The highest BCUT2D eigenvalue weighted by Crippen LogP contribution is 2.35. The molecule has 6 nitrogen and oxygen atoms in total. The van der Waals surface area contributed by atoms with Crippen molar-refractivity contribution in [2.75, 3.05) is 6.54 Å². The molecule has 0 aliphatic carbocycles. The van der Waals surface area contributed by atoms with Crippen LogP contribution >= 0.6 is 15.9 Å². The largest absolute Gasteiger partial charge is 0.402 e. The van der Waals surface area contributed by atoms with Gasteiger partial charge in [0, 0.05) is 40.3 Å². The van der Waals surface area contributed by atoms with Gasteiger partial charge in [-0.15, -0.1) is 0 Å². The van der Waals surface area contributed by atoms with Gasteiger partial charge in [0.1, 0.15) is 0 Å². The molecule has 3 N–H and O–H groups in total. The fourth-order valence-corrected chi connectivity index (χ4v) is 4.64. The highest BCUT2D eigenvalue weighted by molar-refractivity contribution is 9.10. The van der Waals surface area contributed by atoms with E-state index in [1.165, 1.54) is 6.08 Å². The number of hydrogen-bond acceptors (Lipinski definition) is 5. The summed E-state index contributed by atoms with van der Waals surface area (Å²) in [7, 11) is 0. The Labute approximate surface area is 240 Å². The number of nitrogens with two attached hydrogens (primary N) is 1. The van der Waals surface area contributed by atoms with Gasteiger partial charge in [-0.25, -0.2) is 8.78 Å². The molecule has 1 aliphatic rings. The van der Waals surface area contributed by atoms with Crippen molar-refractivity contribution in [3.8, 4) is 0 Å². The van der Waals surface area contributed by atoms with Gasteiger partial charge in [0.25, 0.3) is 12.3 Å². The summed E-state index contributed by atoms with van der Waals surface area (Å²) in [6.07, 6.45) is 2.20. The zero-order chi connectivity index (χ0) is 29.9. The van der Waals surface area contributed by atoms with Crippen molar-refractivity contribution in [3.63, 3.8) is 0 Å². The second kappa shape index (κ2) is 16.4. The molecule has 2 rings (SSSR count). The van der Waals surface area contributed by atoms with Crippen molar-refractivity contribution < 1.29 is 18.4 Å². The minimum Gasteiger partial charge on any atom is -0.402 e. The molecule has 0 bridgehead atoms. The summed E-state index contributed by atoms with van der Waals surface area (Å²) in [5, 5.41) is 8.46. The van der Waals surface area contributed by atoms with Crippen LogP contribution in [0.3, 0.4) is 0 Å². The van der Waals surface area contributed by atoms with Gasteiger partial charge in [-0.3, -0.25) is 14.6 Å². The number of rotatable bonds is 11. The maximum atomic E-state index is 13.6. The molecule has 1 aromatic carbocycles. The van der Waals surface area contributed by atoms with Crippen LogP contribution in [0.15, 0.2) is 45.5 Å². The van der Waals surface area contributed by atoms with E-state index < -0.39 is 6.43 Å². The van der Waals surface area contributed by atoms with Gasteiger partial charge < -0.3 is 16.0 Å². The summed E-state index contributed by atoms with van der Waals surface area (Å²) in [6, 6.07) is 3.05. The number of alkyl halides is 2. The Bertz CT molecular complexity index is 1110. The summed E-state index contributed by atoms with van der Waals surface area (Å²) in [5.41, 5.74) is 9.03. The van der Waals surface area contributed by atoms with E-state index in [2.05, 4.69) is 27.5 Å². The van der Waals surface area contributed by atoms with Crippen molar-refractivity contribution in [3.05, 3.63) is 51.7 Å². The summed E-state index contributed by atoms with van der Waals surface area (Å²) in [4.78, 5) is 30.2. The lowest BCUT2D eigenvalue weighted by molar-refractivity contribution is -0.117. The molecule has 0 spiro atoms. The predicted octanol–water partition coefficient (Wildman–Crippen LogP) is 7.95. The highest BCUT2D eigenvalue weighted by Gasteiger charge is 2.34. The number of aliphatic imine (C=N–C) groups is 1. The number of benzene rings is 1. The molecule has 1 aliphatic heterocycles. The molecule has 1 heterocycles. The van der Waals surface area contributed by atoms with Crippen molar-refractivity contribution in [2.24, 2.45) is 16.6 Å². The quantitative estimate of drug-likeness (QED) is 0.197. The Hall–Kier alpha value is -2.68. The molecule has 0 radical (unpaired) electrons. The minimum atomic E-state index is -2.69. The first-order valence-electron chi connectivity index (χ1n) is 13.6. The van der Waals surface area contributed by atoms with Crippen LogP contribution in [0.1, 0.15) is 89.1 Å². The lowest BCUT2D eigenvalue weighted by Crippen LogP contribution is -2.47. The van der Waals surface area contributed by atoms with Crippen LogP contribution in [0.5, 0.6) is 0 Å². The SMILES string of the molecule is C=CC(=O)[C@H](C)CC.CCCC(=N)C1=C(N)CCN(C(=O)c2ccc(Br)c(C)c2N=C(CC)C(F)F)C1CC. The van der Waals surface area contributed by atoms with Crippen LogP contribution < -0.4 is 5.73 Å². The van der Waals surface area contributed by atoms with Crippen molar-refractivity contribution in [1.82, 2.24) is 4.90 Å². The van der Waals surface area contributed by atoms with Crippen LogP contribution in [0, 0.1) is 18.3 Å². The van der Waals surface area contributed by atoms with E-state index in [9.17, 15) is 18.4 Å². The first-order valence-corrected chi connectivity index (χ1v) is 14.4. The monoisotopic (exact) mass is 608 g/mol. The fraction of sp³-hybridized carbons (Fsp3) is 0.533. The average Bonchev–Trinajstić information content (AvgIpc) is 2.92. The molecule has 216 valence electrons. The smallest absolute Gasteiger partial charge is 0.276 e. The Kier molecular flexibility index (Phi) is 14.5. The lowest BCUT2D eigenvalue weighted by Gasteiger charge is -2.38. The predicted molar refractivity (Wildman–Crippen MR) is 161 cm³/mol. The Morgan fingerprint density at radius 3 is 2.38 bits per heavy atom. The van der Waals surface area contributed by atoms with E-state index in [-0.39, 0.29) is 47.0 Å². The summed E-state index contributed by atoms with van der Waals surface area (Å²) in [5.74, 6) is 0.0280.